The summed E-state index contributed by atoms with van der Waals surface area (Å²) in [5, 5.41) is 0. The largest absolute Gasteiger partial charge is 0.323 e. The highest BCUT2D eigenvalue weighted by atomic mass is 15.1. The Hall–Kier alpha value is -0.860. The van der Waals surface area contributed by atoms with Crippen molar-refractivity contribution in [1.29, 1.82) is 0 Å². The second-order valence-electron chi connectivity index (χ2n) is 3.50. The highest BCUT2D eigenvalue weighted by molar-refractivity contribution is 5.31. The number of hydrogen-bond donors (Lipinski definition) is 1. The summed E-state index contributed by atoms with van der Waals surface area (Å²) in [5.41, 5.74) is 8.68. The van der Waals surface area contributed by atoms with Crippen molar-refractivity contribution in [3.05, 3.63) is 35.4 Å². The van der Waals surface area contributed by atoms with Crippen LogP contribution in [0, 0.1) is 0 Å². The van der Waals surface area contributed by atoms with Crippen LogP contribution in [0.4, 0.5) is 0 Å². The van der Waals surface area contributed by atoms with Crippen LogP contribution in [-0.4, -0.2) is 18.5 Å². The van der Waals surface area contributed by atoms with E-state index in [4.69, 9.17) is 5.73 Å². The molecule has 2 rings (SSSR count). The van der Waals surface area contributed by atoms with Crippen LogP contribution in [0.2, 0.25) is 0 Å². The second kappa shape index (κ2) is 2.88. The summed E-state index contributed by atoms with van der Waals surface area (Å²) in [5.74, 6) is 0. The molecule has 2 N–H and O–H groups in total. The van der Waals surface area contributed by atoms with Crippen molar-refractivity contribution in [2.75, 3.05) is 13.6 Å². The Labute approximate surface area is 73.0 Å². The number of fused-ring (bicyclic) bond motifs is 1. The van der Waals surface area contributed by atoms with Crippen molar-refractivity contribution < 1.29 is 0 Å². The molecule has 2 heteroatoms. The van der Waals surface area contributed by atoms with Crippen molar-refractivity contribution >= 4 is 0 Å². The van der Waals surface area contributed by atoms with E-state index in [2.05, 4.69) is 36.2 Å². The Morgan fingerprint density at radius 3 is 3.00 bits per heavy atom. The first-order chi connectivity index (χ1) is 5.77. The zero-order chi connectivity index (χ0) is 8.55. The Morgan fingerprint density at radius 2 is 2.17 bits per heavy atom. The Bertz CT molecular complexity index is 283. The molecule has 1 heterocycles. The third-order valence-electron chi connectivity index (χ3n) is 2.40. The minimum atomic E-state index is 0.194. The average molecular weight is 162 g/mol. The Kier molecular flexibility index (Phi) is 1.87. The smallest absolute Gasteiger partial charge is 0.0427 e. The van der Waals surface area contributed by atoms with Crippen molar-refractivity contribution in [2.45, 2.75) is 12.6 Å². The van der Waals surface area contributed by atoms with E-state index in [0.29, 0.717) is 0 Å². The fourth-order valence-electron chi connectivity index (χ4n) is 1.83. The minimum Gasteiger partial charge on any atom is -0.323 e. The van der Waals surface area contributed by atoms with Crippen LogP contribution in [0.25, 0.3) is 0 Å². The van der Waals surface area contributed by atoms with Crippen molar-refractivity contribution in [2.24, 2.45) is 5.73 Å². The van der Waals surface area contributed by atoms with E-state index in [0.717, 1.165) is 13.1 Å². The number of nitrogens with zero attached hydrogens (tertiary/aromatic N) is 1. The van der Waals surface area contributed by atoms with Crippen LogP contribution in [0.3, 0.4) is 0 Å². The van der Waals surface area contributed by atoms with E-state index >= 15 is 0 Å². The molecule has 1 aromatic carbocycles. The predicted octanol–water partition coefficient (Wildman–Crippen LogP) is 1.13. The van der Waals surface area contributed by atoms with Crippen LogP contribution in [0.1, 0.15) is 17.2 Å². The van der Waals surface area contributed by atoms with Gasteiger partial charge in [0.1, 0.15) is 0 Å². The van der Waals surface area contributed by atoms with Gasteiger partial charge in [0.2, 0.25) is 0 Å². The van der Waals surface area contributed by atoms with Gasteiger partial charge in [-0.3, -0.25) is 0 Å². The van der Waals surface area contributed by atoms with E-state index in [-0.39, 0.29) is 6.04 Å². The molecule has 64 valence electrons. The Morgan fingerprint density at radius 1 is 1.42 bits per heavy atom. The summed E-state index contributed by atoms with van der Waals surface area (Å²) in [7, 11) is 2.11. The number of benzene rings is 1. The lowest BCUT2D eigenvalue weighted by atomic mass is 9.97. The first-order valence-corrected chi connectivity index (χ1v) is 4.29. The van der Waals surface area contributed by atoms with Crippen LogP contribution >= 0.6 is 0 Å². The molecule has 0 aromatic heterocycles. The molecule has 1 aliphatic rings. The van der Waals surface area contributed by atoms with Crippen LogP contribution in [0.15, 0.2) is 24.3 Å². The summed E-state index contributed by atoms with van der Waals surface area (Å²) in [6, 6.07) is 8.62. The van der Waals surface area contributed by atoms with Gasteiger partial charge in [-0.25, -0.2) is 0 Å². The van der Waals surface area contributed by atoms with Crippen LogP contribution in [-0.2, 0) is 6.54 Å². The van der Waals surface area contributed by atoms with Gasteiger partial charge in [-0.1, -0.05) is 24.3 Å². The number of nitrogens with two attached hydrogens (primary N) is 1. The average Bonchev–Trinajstić information content (AvgIpc) is 2.04. The molecule has 12 heavy (non-hydrogen) atoms. The maximum atomic E-state index is 6.00. The predicted molar refractivity (Wildman–Crippen MR) is 49.7 cm³/mol. The number of likely N-dealkylation sites (N-methyl/N-ethyl adjacent to an activating group) is 1. The lowest BCUT2D eigenvalue weighted by Gasteiger charge is -2.29. The molecule has 0 bridgehead atoms. The fraction of sp³-hybridized carbons (Fsp3) is 0.400. The summed E-state index contributed by atoms with van der Waals surface area (Å²) in [6.45, 7) is 2.00. The molecule has 0 radical (unpaired) electrons. The molecular formula is C10H14N2. The molecule has 0 spiro atoms. The van der Waals surface area contributed by atoms with Gasteiger partial charge in [-0.2, -0.15) is 0 Å². The lowest BCUT2D eigenvalue weighted by Crippen LogP contribution is -2.34. The molecule has 1 aliphatic heterocycles. The molecule has 1 atom stereocenters. The van der Waals surface area contributed by atoms with Gasteiger partial charge < -0.3 is 10.6 Å². The highest BCUT2D eigenvalue weighted by Gasteiger charge is 2.18. The number of hydrogen-bond acceptors (Lipinski definition) is 2. The minimum absolute atomic E-state index is 0.194. The third-order valence-corrected chi connectivity index (χ3v) is 2.40. The lowest BCUT2D eigenvalue weighted by molar-refractivity contribution is 0.283. The van der Waals surface area contributed by atoms with Crippen molar-refractivity contribution in [3.8, 4) is 0 Å². The van der Waals surface area contributed by atoms with E-state index in [9.17, 15) is 0 Å². The first kappa shape index (κ1) is 7.77. The van der Waals surface area contributed by atoms with Gasteiger partial charge in [0.05, 0.1) is 0 Å². The monoisotopic (exact) mass is 162 g/mol. The van der Waals surface area contributed by atoms with Crippen LogP contribution < -0.4 is 5.73 Å². The van der Waals surface area contributed by atoms with E-state index in [1.165, 1.54) is 11.1 Å². The zero-order valence-electron chi connectivity index (χ0n) is 7.33. The van der Waals surface area contributed by atoms with Gasteiger partial charge in [-0.15, -0.1) is 0 Å². The third kappa shape index (κ3) is 1.24. The van der Waals surface area contributed by atoms with Gasteiger partial charge in [0.25, 0.3) is 0 Å². The van der Waals surface area contributed by atoms with Crippen molar-refractivity contribution in [3.63, 3.8) is 0 Å². The van der Waals surface area contributed by atoms with E-state index in [1.54, 1.807) is 0 Å². The molecule has 0 unspecified atom stereocenters. The van der Waals surface area contributed by atoms with Gasteiger partial charge in [-0.05, 0) is 18.2 Å². The SMILES string of the molecule is CN1Cc2ccccc2[C@H](N)C1. The maximum absolute atomic E-state index is 6.00. The normalized spacial score (nSPS) is 23.7. The van der Waals surface area contributed by atoms with Gasteiger partial charge in [0.15, 0.2) is 0 Å². The molecule has 0 amide bonds. The van der Waals surface area contributed by atoms with E-state index in [1.807, 2.05) is 0 Å². The molecule has 0 saturated carbocycles. The second-order valence-corrected chi connectivity index (χ2v) is 3.50. The fourth-order valence-corrected chi connectivity index (χ4v) is 1.83. The van der Waals surface area contributed by atoms with E-state index < -0.39 is 0 Å². The first-order valence-electron chi connectivity index (χ1n) is 4.29. The van der Waals surface area contributed by atoms with Crippen molar-refractivity contribution in [1.82, 2.24) is 4.90 Å². The highest BCUT2D eigenvalue weighted by Crippen LogP contribution is 2.22. The molecule has 2 nitrogen and oxygen atoms in total. The summed E-state index contributed by atoms with van der Waals surface area (Å²) < 4.78 is 0. The molecule has 0 fully saturated rings. The Balaban J connectivity index is 2.40. The van der Waals surface area contributed by atoms with Crippen LogP contribution in [0.5, 0.6) is 0 Å². The number of rotatable bonds is 0. The van der Waals surface area contributed by atoms with Gasteiger partial charge >= 0.3 is 0 Å². The molecule has 0 aliphatic carbocycles. The standard InChI is InChI=1S/C10H14N2/c1-12-6-8-4-2-3-5-9(8)10(11)7-12/h2-5,10H,6-7,11H2,1H3/t10-/m1/s1. The van der Waals surface area contributed by atoms with Gasteiger partial charge in [0, 0.05) is 19.1 Å². The summed E-state index contributed by atoms with van der Waals surface area (Å²) in [6.07, 6.45) is 0. The zero-order valence-corrected chi connectivity index (χ0v) is 7.33. The molecule has 1 aromatic rings. The quantitative estimate of drug-likeness (QED) is 0.619. The molecule has 0 saturated heterocycles. The summed E-state index contributed by atoms with van der Waals surface area (Å²) >= 11 is 0. The maximum Gasteiger partial charge on any atom is 0.0427 e. The topological polar surface area (TPSA) is 29.3 Å². The molecular weight excluding hydrogens is 148 g/mol. The summed E-state index contributed by atoms with van der Waals surface area (Å²) in [4.78, 5) is 2.26.